The van der Waals surface area contributed by atoms with Crippen LogP contribution >= 0.6 is 23.2 Å². The van der Waals surface area contributed by atoms with Crippen LogP contribution in [0.5, 0.6) is 11.5 Å². The number of hydrogen-bond acceptors (Lipinski definition) is 8. The first-order chi connectivity index (χ1) is 19.1. The fraction of sp³-hybridized carbons (Fsp3) is 0.407. The molecule has 3 aromatic rings. The van der Waals surface area contributed by atoms with Gasteiger partial charge in [0.2, 0.25) is 5.95 Å². The molecule has 0 spiro atoms. The molecule has 0 amide bonds. The van der Waals surface area contributed by atoms with E-state index in [1.807, 2.05) is 24.3 Å². The number of hydrogen-bond donors (Lipinski definition) is 1. The van der Waals surface area contributed by atoms with Crippen molar-refractivity contribution in [1.82, 2.24) is 14.9 Å². The molecule has 0 atom stereocenters. The predicted octanol–water partition coefficient (Wildman–Crippen LogP) is 5.79. The van der Waals surface area contributed by atoms with Crippen molar-refractivity contribution in [3.8, 4) is 11.5 Å². The van der Waals surface area contributed by atoms with Crippen molar-refractivity contribution in [2.24, 2.45) is 0 Å². The number of aromatic nitrogens is 2. The lowest BCUT2D eigenvalue weighted by Gasteiger charge is -2.36. The van der Waals surface area contributed by atoms with Crippen LogP contribution in [0.2, 0.25) is 10.0 Å². The Labute approximate surface area is 240 Å². The Morgan fingerprint density at radius 3 is 2.17 bits per heavy atom. The highest BCUT2D eigenvalue weighted by molar-refractivity contribution is 6.41. The average Bonchev–Trinajstić information content (AvgIpc) is 2.93. The number of benzene rings is 2. The fourth-order valence-corrected chi connectivity index (χ4v) is 5.76. The lowest BCUT2D eigenvalue weighted by molar-refractivity contribution is -0.146. The monoisotopic (exact) mass is 596 g/mol. The van der Waals surface area contributed by atoms with Gasteiger partial charge in [-0.25, -0.2) is 9.97 Å². The number of nitrogens with zero attached hydrogens (tertiary/aromatic N) is 5. The van der Waals surface area contributed by atoms with Crippen molar-refractivity contribution in [1.29, 1.82) is 0 Å². The van der Waals surface area contributed by atoms with E-state index in [0.29, 0.717) is 78.9 Å². The number of anilines is 4. The van der Waals surface area contributed by atoms with Gasteiger partial charge in [0.15, 0.2) is 0 Å². The van der Waals surface area contributed by atoms with Crippen molar-refractivity contribution >= 4 is 46.2 Å². The molecule has 13 heteroatoms. The maximum Gasteiger partial charge on any atom is 0.401 e. The second kappa shape index (κ2) is 11.8. The summed E-state index contributed by atoms with van der Waals surface area (Å²) in [6.45, 7) is 2.16. The van der Waals surface area contributed by atoms with Crippen molar-refractivity contribution < 1.29 is 22.6 Å². The van der Waals surface area contributed by atoms with Gasteiger partial charge in [-0.05, 0) is 24.3 Å². The summed E-state index contributed by atoms with van der Waals surface area (Å²) in [5.74, 6) is 1.45. The maximum atomic E-state index is 12.7. The van der Waals surface area contributed by atoms with E-state index in [4.69, 9.17) is 37.7 Å². The molecule has 1 saturated heterocycles. The lowest BCUT2D eigenvalue weighted by Crippen LogP contribution is -2.49. The Kier molecular flexibility index (Phi) is 8.34. The molecule has 2 aromatic carbocycles. The first kappa shape index (κ1) is 28.4. The van der Waals surface area contributed by atoms with Crippen LogP contribution in [0, 0.1) is 0 Å². The van der Waals surface area contributed by atoms with Crippen LogP contribution in [0.3, 0.4) is 0 Å². The molecule has 0 aliphatic carbocycles. The smallest absolute Gasteiger partial charge is 0.401 e. The molecule has 0 bridgehead atoms. The van der Waals surface area contributed by atoms with Crippen LogP contribution in [-0.2, 0) is 13.0 Å². The summed E-state index contributed by atoms with van der Waals surface area (Å²) >= 11 is 13.2. The largest absolute Gasteiger partial charge is 0.495 e. The summed E-state index contributed by atoms with van der Waals surface area (Å²) < 4.78 is 48.8. The molecule has 8 nitrogen and oxygen atoms in total. The Morgan fingerprint density at radius 1 is 0.925 bits per heavy atom. The Hall–Kier alpha value is -3.15. The molecule has 1 N–H and O–H groups in total. The van der Waals surface area contributed by atoms with Gasteiger partial charge in [0.1, 0.15) is 21.5 Å². The number of ether oxygens (including phenoxy) is 2. The highest BCUT2D eigenvalue weighted by atomic mass is 35.5. The molecule has 1 fully saturated rings. The second-order valence-electron chi connectivity index (χ2n) is 9.65. The van der Waals surface area contributed by atoms with E-state index in [0.717, 1.165) is 22.6 Å². The van der Waals surface area contributed by atoms with E-state index >= 15 is 0 Å². The van der Waals surface area contributed by atoms with Crippen LogP contribution < -0.4 is 24.6 Å². The summed E-state index contributed by atoms with van der Waals surface area (Å²) in [7, 11) is 3.09. The first-order valence-electron chi connectivity index (χ1n) is 12.8. The quantitative estimate of drug-likeness (QED) is 0.367. The van der Waals surface area contributed by atoms with Crippen LogP contribution in [0.15, 0.2) is 36.5 Å². The summed E-state index contributed by atoms with van der Waals surface area (Å²) in [4.78, 5) is 14.8. The standard InChI is InChI=1S/C27H29Cl2F3N6O2/c1-39-21-13-22(40-2)24(29)25(23(21)28)38-8-7-20-17(15-38)14-33-26(35-20)34-18-3-5-19(6-4-18)37-11-9-36(10-12-37)16-27(30,31)32/h3-6,13-14H,7-12,15-16H2,1-2H3,(H,33,34,35). The van der Waals surface area contributed by atoms with E-state index in [-0.39, 0.29) is 0 Å². The molecule has 2 aliphatic heterocycles. The van der Waals surface area contributed by atoms with E-state index in [2.05, 4.69) is 20.1 Å². The highest BCUT2D eigenvalue weighted by Gasteiger charge is 2.32. The zero-order chi connectivity index (χ0) is 28.4. The van der Waals surface area contributed by atoms with Gasteiger partial charge in [-0.15, -0.1) is 0 Å². The molecule has 2 aliphatic rings. The third-order valence-corrected chi connectivity index (χ3v) is 7.79. The van der Waals surface area contributed by atoms with Gasteiger partial charge >= 0.3 is 6.18 Å². The lowest BCUT2D eigenvalue weighted by atomic mass is 10.1. The molecular formula is C27H29Cl2F3N6O2. The van der Waals surface area contributed by atoms with Crippen LogP contribution in [-0.4, -0.2) is 74.5 Å². The minimum atomic E-state index is -4.17. The molecular weight excluding hydrogens is 568 g/mol. The Balaban J connectivity index is 1.23. The zero-order valence-electron chi connectivity index (χ0n) is 22.1. The van der Waals surface area contributed by atoms with Gasteiger partial charge in [-0.2, -0.15) is 13.2 Å². The van der Waals surface area contributed by atoms with E-state index in [1.54, 1.807) is 26.5 Å². The Morgan fingerprint density at radius 2 is 1.57 bits per heavy atom. The Bertz CT molecular complexity index is 1320. The molecule has 3 heterocycles. The average molecular weight is 597 g/mol. The van der Waals surface area contributed by atoms with E-state index < -0.39 is 12.7 Å². The summed E-state index contributed by atoms with van der Waals surface area (Å²) in [5, 5.41) is 4.08. The van der Waals surface area contributed by atoms with Crippen LogP contribution in [0.4, 0.5) is 36.2 Å². The molecule has 0 radical (unpaired) electrons. The van der Waals surface area contributed by atoms with E-state index in [1.165, 1.54) is 4.90 Å². The number of fused-ring (bicyclic) bond motifs is 1. The van der Waals surface area contributed by atoms with Crippen molar-refractivity contribution in [2.45, 2.75) is 19.1 Å². The zero-order valence-corrected chi connectivity index (χ0v) is 23.6. The minimum Gasteiger partial charge on any atom is -0.495 e. The van der Waals surface area contributed by atoms with Gasteiger partial charge in [0.05, 0.1) is 32.1 Å². The predicted molar refractivity (Wildman–Crippen MR) is 151 cm³/mol. The SMILES string of the molecule is COc1cc(OC)c(Cl)c(N2CCc3nc(Nc4ccc(N5CCN(CC(F)(F)F)CC5)cc4)ncc3C2)c1Cl. The molecule has 5 rings (SSSR count). The van der Waals surface area contributed by atoms with E-state index in [9.17, 15) is 13.2 Å². The summed E-state index contributed by atoms with van der Waals surface area (Å²) in [6, 6.07) is 9.41. The van der Waals surface area contributed by atoms with Crippen molar-refractivity contribution in [3.63, 3.8) is 0 Å². The van der Waals surface area contributed by atoms with Crippen LogP contribution in [0.1, 0.15) is 11.3 Å². The maximum absolute atomic E-state index is 12.7. The van der Waals surface area contributed by atoms with Gasteiger partial charge < -0.3 is 24.6 Å². The number of halogens is 5. The van der Waals surface area contributed by atoms with Crippen molar-refractivity contribution in [3.05, 3.63) is 57.8 Å². The molecule has 0 unspecified atom stereocenters. The number of alkyl halides is 3. The second-order valence-corrected chi connectivity index (χ2v) is 10.4. The molecule has 1 aromatic heterocycles. The van der Waals surface area contributed by atoms with Gasteiger partial charge in [-0.3, -0.25) is 4.90 Å². The first-order valence-corrected chi connectivity index (χ1v) is 13.5. The van der Waals surface area contributed by atoms with Gasteiger partial charge in [0.25, 0.3) is 0 Å². The summed E-state index contributed by atoms with van der Waals surface area (Å²) in [5.41, 5.74) is 4.33. The number of piperazine rings is 1. The molecule has 40 heavy (non-hydrogen) atoms. The third-order valence-electron chi connectivity index (χ3n) is 7.06. The molecule has 0 saturated carbocycles. The highest BCUT2D eigenvalue weighted by Crippen LogP contribution is 2.47. The van der Waals surface area contributed by atoms with Gasteiger partial charge in [0, 0.05) is 74.9 Å². The van der Waals surface area contributed by atoms with Gasteiger partial charge in [-0.1, -0.05) is 23.2 Å². The fourth-order valence-electron chi connectivity index (χ4n) is 5.02. The van der Waals surface area contributed by atoms with Crippen molar-refractivity contribution in [2.75, 3.05) is 68.6 Å². The number of nitrogens with one attached hydrogen (secondary N) is 1. The number of rotatable bonds is 7. The summed E-state index contributed by atoms with van der Waals surface area (Å²) in [6.07, 6.45) is -1.71. The molecule has 214 valence electrons. The third kappa shape index (κ3) is 6.26. The van der Waals surface area contributed by atoms with Crippen LogP contribution in [0.25, 0.3) is 0 Å². The minimum absolute atomic E-state index is 0.379. The number of methoxy groups -OCH3 is 2. The normalized spacial score (nSPS) is 16.1. The topological polar surface area (TPSA) is 66.0 Å².